The Morgan fingerprint density at radius 3 is 2.00 bits per heavy atom. The Labute approximate surface area is 237 Å². The number of sulfonamides is 1. The lowest BCUT2D eigenvalue weighted by atomic mass is 9.95. The van der Waals surface area contributed by atoms with Crippen LogP contribution in [0.3, 0.4) is 0 Å². The quantitative estimate of drug-likeness (QED) is 0.251. The van der Waals surface area contributed by atoms with Gasteiger partial charge in [-0.1, -0.05) is 90.5 Å². The number of carbonyl (C=O) groups is 2. The second-order valence-corrected chi connectivity index (χ2v) is 12.1. The number of aliphatic carboxylic acids is 2. The summed E-state index contributed by atoms with van der Waals surface area (Å²) in [5, 5.41) is 20.7. The molecule has 2 N–H and O–H groups in total. The molecule has 0 bridgehead atoms. The number of nitrogens with zero attached hydrogens (tertiary/aromatic N) is 1. The molecule has 1 fully saturated rings. The number of hydrogen-bond donors (Lipinski definition) is 2. The maximum atomic E-state index is 13.9. The molecular formula is C31H26ClNO6S. The molecule has 0 saturated heterocycles. The van der Waals surface area contributed by atoms with Crippen molar-refractivity contribution in [2.75, 3.05) is 6.54 Å². The van der Waals surface area contributed by atoms with E-state index in [1.807, 2.05) is 42.5 Å². The van der Waals surface area contributed by atoms with Gasteiger partial charge in [0, 0.05) is 10.9 Å². The molecule has 0 aliphatic heterocycles. The molecule has 204 valence electrons. The average molecular weight is 576 g/mol. The van der Waals surface area contributed by atoms with Gasteiger partial charge >= 0.3 is 11.9 Å². The molecule has 4 aromatic rings. The molecule has 9 heteroatoms. The van der Waals surface area contributed by atoms with E-state index in [4.69, 9.17) is 11.6 Å². The van der Waals surface area contributed by atoms with Crippen molar-refractivity contribution in [3.05, 3.63) is 125 Å². The first-order valence-corrected chi connectivity index (χ1v) is 14.4. The standard InChI is InChI=1S/C31H26ClNO6S/c32-25-14-10-22(11-15-25)23-12-16-26(17-13-23)40(38,39)33(20-29(34)35)31(30(36)37)19-28(31)27-9-5-4-8-24(27)18-21-6-2-1-3-7-21/h1-17,28H,18-20H2,(H,34,35)(H,36,37)/t28-,31+/m0/s1. The molecular weight excluding hydrogens is 550 g/mol. The Bertz CT molecular complexity index is 1660. The second-order valence-electron chi connectivity index (χ2n) is 9.78. The van der Waals surface area contributed by atoms with Crippen molar-refractivity contribution in [1.82, 2.24) is 4.31 Å². The van der Waals surface area contributed by atoms with E-state index in [-0.39, 0.29) is 11.3 Å². The lowest BCUT2D eigenvalue weighted by Crippen LogP contribution is -2.50. The number of halogens is 1. The summed E-state index contributed by atoms with van der Waals surface area (Å²) in [7, 11) is -4.50. The van der Waals surface area contributed by atoms with Gasteiger partial charge in [-0.25, -0.2) is 8.42 Å². The molecule has 7 nitrogen and oxygen atoms in total. The summed E-state index contributed by atoms with van der Waals surface area (Å²) in [5.74, 6) is -3.53. The van der Waals surface area contributed by atoms with Crippen LogP contribution in [0, 0.1) is 0 Å². The van der Waals surface area contributed by atoms with E-state index < -0.39 is 40.0 Å². The highest BCUT2D eigenvalue weighted by Gasteiger charge is 2.68. The molecule has 0 spiro atoms. The Kier molecular flexibility index (Phi) is 7.51. The largest absolute Gasteiger partial charge is 0.480 e. The van der Waals surface area contributed by atoms with E-state index >= 15 is 0 Å². The molecule has 1 saturated carbocycles. The average Bonchev–Trinajstić information content (AvgIpc) is 3.69. The van der Waals surface area contributed by atoms with Gasteiger partial charge in [0.25, 0.3) is 0 Å². The van der Waals surface area contributed by atoms with Crippen molar-refractivity contribution in [2.24, 2.45) is 0 Å². The number of carboxylic acids is 2. The third-order valence-corrected chi connectivity index (χ3v) is 9.47. The highest BCUT2D eigenvalue weighted by molar-refractivity contribution is 7.89. The van der Waals surface area contributed by atoms with Gasteiger partial charge < -0.3 is 10.2 Å². The summed E-state index contributed by atoms with van der Waals surface area (Å²) in [6, 6.07) is 29.9. The van der Waals surface area contributed by atoms with Crippen molar-refractivity contribution in [3.8, 4) is 11.1 Å². The van der Waals surface area contributed by atoms with Gasteiger partial charge in [-0.3, -0.25) is 9.59 Å². The number of rotatable bonds is 10. The lowest BCUT2D eigenvalue weighted by Gasteiger charge is -2.28. The fourth-order valence-electron chi connectivity index (χ4n) is 5.24. The van der Waals surface area contributed by atoms with E-state index in [0.29, 0.717) is 21.3 Å². The van der Waals surface area contributed by atoms with E-state index in [1.54, 1.807) is 48.5 Å². The highest BCUT2D eigenvalue weighted by Crippen LogP contribution is 2.58. The minimum Gasteiger partial charge on any atom is -0.480 e. The number of carboxylic acid groups (broad SMARTS) is 2. The van der Waals surface area contributed by atoms with Crippen LogP contribution >= 0.6 is 11.6 Å². The summed E-state index contributed by atoms with van der Waals surface area (Å²) in [4.78, 5) is 24.5. The van der Waals surface area contributed by atoms with Gasteiger partial charge in [0.2, 0.25) is 10.0 Å². The van der Waals surface area contributed by atoms with Gasteiger partial charge in [-0.05, 0) is 64.9 Å². The molecule has 1 aliphatic rings. The van der Waals surface area contributed by atoms with E-state index in [9.17, 15) is 28.2 Å². The second kappa shape index (κ2) is 10.9. The van der Waals surface area contributed by atoms with Crippen LogP contribution in [0.2, 0.25) is 5.02 Å². The first-order chi connectivity index (χ1) is 19.1. The maximum absolute atomic E-state index is 13.9. The van der Waals surface area contributed by atoms with Crippen LogP contribution in [0.1, 0.15) is 29.0 Å². The van der Waals surface area contributed by atoms with Crippen molar-refractivity contribution >= 4 is 33.6 Å². The SMILES string of the molecule is O=C(O)CN([C@]1(C(=O)O)C[C@H]1c1ccccc1Cc1ccccc1)S(=O)(=O)c1ccc(-c2ccc(Cl)cc2)cc1. The van der Waals surface area contributed by atoms with Crippen LogP contribution in [0.5, 0.6) is 0 Å². The van der Waals surface area contributed by atoms with E-state index in [1.165, 1.54) is 12.1 Å². The van der Waals surface area contributed by atoms with Crippen LogP contribution in [-0.4, -0.2) is 47.0 Å². The number of hydrogen-bond acceptors (Lipinski definition) is 4. The van der Waals surface area contributed by atoms with Gasteiger partial charge in [-0.2, -0.15) is 4.31 Å². The van der Waals surface area contributed by atoms with Crippen molar-refractivity contribution < 1.29 is 28.2 Å². The fraction of sp³-hybridized carbons (Fsp3) is 0.161. The molecule has 0 heterocycles. The normalized spacial score (nSPS) is 18.4. The van der Waals surface area contributed by atoms with Crippen LogP contribution in [0.15, 0.2) is 108 Å². The number of benzene rings is 4. The molecule has 0 aromatic heterocycles. The Balaban J connectivity index is 1.52. The van der Waals surface area contributed by atoms with Crippen molar-refractivity contribution in [3.63, 3.8) is 0 Å². The smallest absolute Gasteiger partial charge is 0.325 e. The van der Waals surface area contributed by atoms with E-state index in [2.05, 4.69) is 0 Å². The first kappa shape index (κ1) is 27.6. The van der Waals surface area contributed by atoms with E-state index in [0.717, 1.165) is 22.3 Å². The van der Waals surface area contributed by atoms with Gasteiger partial charge in [-0.15, -0.1) is 0 Å². The summed E-state index contributed by atoms with van der Waals surface area (Å²) < 4.78 is 28.4. The molecule has 1 aliphatic carbocycles. The third kappa shape index (κ3) is 5.25. The van der Waals surface area contributed by atoms with Gasteiger partial charge in [0.05, 0.1) is 4.90 Å². The molecule has 40 heavy (non-hydrogen) atoms. The van der Waals surface area contributed by atoms with Crippen LogP contribution in [0.25, 0.3) is 11.1 Å². The lowest BCUT2D eigenvalue weighted by molar-refractivity contribution is -0.145. The van der Waals surface area contributed by atoms with Crippen molar-refractivity contribution in [1.29, 1.82) is 0 Å². The Morgan fingerprint density at radius 2 is 1.40 bits per heavy atom. The minimum absolute atomic E-state index is 0.0382. The predicted molar refractivity (Wildman–Crippen MR) is 152 cm³/mol. The summed E-state index contributed by atoms with van der Waals surface area (Å²) in [6.45, 7) is -0.981. The topological polar surface area (TPSA) is 112 Å². The highest BCUT2D eigenvalue weighted by atomic mass is 35.5. The summed E-state index contributed by atoms with van der Waals surface area (Å²) >= 11 is 5.96. The van der Waals surface area contributed by atoms with Gasteiger partial charge in [0.1, 0.15) is 12.1 Å². The fourth-order valence-corrected chi connectivity index (χ4v) is 7.09. The monoisotopic (exact) mass is 575 g/mol. The minimum atomic E-state index is -4.50. The third-order valence-electron chi connectivity index (χ3n) is 7.31. The zero-order valence-electron chi connectivity index (χ0n) is 21.3. The molecule has 5 rings (SSSR count). The first-order valence-electron chi connectivity index (χ1n) is 12.6. The molecule has 0 radical (unpaired) electrons. The van der Waals surface area contributed by atoms with Gasteiger partial charge in [0.15, 0.2) is 0 Å². The summed E-state index contributed by atoms with van der Waals surface area (Å²) in [6.07, 6.45) is 0.491. The molecule has 0 unspecified atom stereocenters. The Morgan fingerprint density at radius 1 is 0.825 bits per heavy atom. The Hall–Kier alpha value is -3.98. The predicted octanol–water partition coefficient (Wildman–Crippen LogP) is 5.68. The van der Waals surface area contributed by atoms with Crippen LogP contribution in [-0.2, 0) is 26.0 Å². The van der Waals surface area contributed by atoms with Crippen LogP contribution in [0.4, 0.5) is 0 Å². The van der Waals surface area contributed by atoms with Crippen LogP contribution < -0.4 is 0 Å². The zero-order valence-corrected chi connectivity index (χ0v) is 22.8. The van der Waals surface area contributed by atoms with Crippen molar-refractivity contribution in [2.45, 2.75) is 29.2 Å². The molecule has 0 amide bonds. The zero-order chi connectivity index (χ0) is 28.5. The molecule has 4 aromatic carbocycles. The maximum Gasteiger partial charge on any atom is 0.325 e. The molecule has 2 atom stereocenters. The summed E-state index contributed by atoms with van der Waals surface area (Å²) in [5.41, 5.74) is 2.19.